The van der Waals surface area contributed by atoms with Gasteiger partial charge in [-0.25, -0.2) is 8.42 Å². The van der Waals surface area contributed by atoms with E-state index in [1.165, 1.54) is 18.2 Å². The molecule has 148 valence electrons. The summed E-state index contributed by atoms with van der Waals surface area (Å²) < 4.78 is 61.5. The van der Waals surface area contributed by atoms with Crippen molar-refractivity contribution in [3.05, 3.63) is 59.4 Å². The van der Waals surface area contributed by atoms with Gasteiger partial charge >= 0.3 is 12.1 Å². The molecule has 0 radical (unpaired) electrons. The molecule has 3 rings (SSSR count). The van der Waals surface area contributed by atoms with Crippen LogP contribution in [-0.2, 0) is 20.8 Å². The van der Waals surface area contributed by atoms with Crippen molar-refractivity contribution in [3.8, 4) is 0 Å². The summed E-state index contributed by atoms with van der Waals surface area (Å²) in [5, 5.41) is 9.37. The molecule has 2 aromatic rings. The minimum atomic E-state index is -4.51. The van der Waals surface area contributed by atoms with E-state index in [1.807, 2.05) is 0 Å². The van der Waals surface area contributed by atoms with Gasteiger partial charge < -0.3 is 5.11 Å². The van der Waals surface area contributed by atoms with Gasteiger partial charge in [-0.3, -0.25) is 9.78 Å². The van der Waals surface area contributed by atoms with Gasteiger partial charge in [0.15, 0.2) is 9.84 Å². The van der Waals surface area contributed by atoms with E-state index in [0.717, 1.165) is 18.5 Å². The van der Waals surface area contributed by atoms with Crippen molar-refractivity contribution >= 4 is 27.0 Å². The Morgan fingerprint density at radius 3 is 2.14 bits per heavy atom. The largest absolute Gasteiger partial charge is 0.481 e. The zero-order chi connectivity index (χ0) is 20.7. The van der Waals surface area contributed by atoms with E-state index in [2.05, 4.69) is 4.98 Å². The number of allylic oxidation sites excluding steroid dienone is 2. The number of halogens is 3. The second kappa shape index (κ2) is 7.05. The highest BCUT2D eigenvalue weighted by Crippen LogP contribution is 2.43. The summed E-state index contributed by atoms with van der Waals surface area (Å²) in [5.74, 6) is -1.73. The van der Waals surface area contributed by atoms with Gasteiger partial charge in [0, 0.05) is 12.5 Å². The van der Waals surface area contributed by atoms with E-state index < -0.39 is 33.5 Å². The van der Waals surface area contributed by atoms with Crippen LogP contribution >= 0.6 is 0 Å². The fraction of sp³-hybridized carbons (Fsp3) is 0.263. The number of carboxylic acids is 1. The molecule has 1 atom stereocenters. The molecule has 0 aliphatic heterocycles. The molecule has 1 unspecified atom stereocenters. The number of carboxylic acid groups (broad SMARTS) is 1. The Bertz CT molecular complexity index is 1040. The van der Waals surface area contributed by atoms with Crippen molar-refractivity contribution in [1.82, 2.24) is 4.98 Å². The van der Waals surface area contributed by atoms with Crippen LogP contribution in [0.15, 0.2) is 47.5 Å². The van der Waals surface area contributed by atoms with E-state index in [1.54, 1.807) is 12.1 Å². The third-order valence-electron chi connectivity index (χ3n) is 4.65. The van der Waals surface area contributed by atoms with Crippen LogP contribution in [0, 0.1) is 5.92 Å². The van der Waals surface area contributed by atoms with Crippen LogP contribution in [0.1, 0.15) is 29.7 Å². The molecule has 1 N–H and O–H groups in total. The van der Waals surface area contributed by atoms with Gasteiger partial charge in [-0.2, -0.15) is 13.2 Å². The van der Waals surface area contributed by atoms with Gasteiger partial charge in [0.25, 0.3) is 0 Å². The maximum atomic E-state index is 12.8. The molecule has 5 nitrogen and oxygen atoms in total. The summed E-state index contributed by atoms with van der Waals surface area (Å²) in [4.78, 5) is 15.5. The van der Waals surface area contributed by atoms with Gasteiger partial charge in [0.1, 0.15) is 0 Å². The minimum absolute atomic E-state index is 0.124. The molecular weight excluding hydrogens is 395 g/mol. The van der Waals surface area contributed by atoms with E-state index in [4.69, 9.17) is 0 Å². The van der Waals surface area contributed by atoms with Crippen LogP contribution in [0.2, 0.25) is 0 Å². The van der Waals surface area contributed by atoms with Crippen molar-refractivity contribution in [3.63, 3.8) is 0 Å². The quantitative estimate of drug-likeness (QED) is 0.825. The van der Waals surface area contributed by atoms with Crippen molar-refractivity contribution < 1.29 is 31.5 Å². The Morgan fingerprint density at radius 2 is 1.68 bits per heavy atom. The molecular formula is C19H16F3NO4S. The Balaban J connectivity index is 2.04. The Hall–Kier alpha value is -2.68. The van der Waals surface area contributed by atoms with Crippen molar-refractivity contribution in [2.45, 2.75) is 23.9 Å². The smallest absolute Gasteiger partial charge is 0.417 e. The highest BCUT2D eigenvalue weighted by molar-refractivity contribution is 7.90. The van der Waals surface area contributed by atoms with Crippen LogP contribution < -0.4 is 0 Å². The van der Waals surface area contributed by atoms with Crippen LogP contribution in [0.4, 0.5) is 13.2 Å². The normalized spacial score (nSPS) is 17.8. The summed E-state index contributed by atoms with van der Waals surface area (Å²) >= 11 is 0. The molecule has 0 bridgehead atoms. The Kier molecular flexibility index (Phi) is 5.05. The fourth-order valence-corrected chi connectivity index (χ4v) is 3.81. The zero-order valence-corrected chi connectivity index (χ0v) is 15.5. The lowest BCUT2D eigenvalue weighted by atomic mass is 9.99. The van der Waals surface area contributed by atoms with Crippen molar-refractivity contribution in [2.24, 2.45) is 5.92 Å². The lowest BCUT2D eigenvalue weighted by Gasteiger charge is -2.10. The Morgan fingerprint density at radius 1 is 1.07 bits per heavy atom. The van der Waals surface area contributed by atoms with E-state index in [0.29, 0.717) is 16.7 Å². The predicted molar refractivity (Wildman–Crippen MR) is 96.0 cm³/mol. The molecule has 0 saturated heterocycles. The maximum absolute atomic E-state index is 12.8. The average Bonchev–Trinajstić information content (AvgIpc) is 3.06. The third-order valence-corrected chi connectivity index (χ3v) is 5.77. The number of benzene rings is 1. The van der Waals surface area contributed by atoms with Gasteiger partial charge in [-0.15, -0.1) is 0 Å². The lowest BCUT2D eigenvalue weighted by molar-refractivity contribution is -0.141. The van der Waals surface area contributed by atoms with Gasteiger partial charge in [-0.05, 0) is 53.8 Å². The number of carbonyl (C=O) groups is 1. The van der Waals surface area contributed by atoms with Crippen molar-refractivity contribution in [2.75, 3.05) is 6.26 Å². The molecule has 0 saturated carbocycles. The standard InChI is InChI=1S/C19H16F3NO4S/c1-28(26,27)14-5-2-11(3-6-14)15-8-12(18(24)25)9-16(15)17-7-4-13(10-23-17)19(20,21)22/h2-7,10,12H,8-9H2,1H3,(H,24,25). The molecule has 0 amide bonds. The number of hydrogen-bond donors (Lipinski definition) is 1. The first kappa shape index (κ1) is 20.1. The second-order valence-electron chi connectivity index (χ2n) is 6.63. The van der Waals surface area contributed by atoms with Crippen LogP contribution in [-0.4, -0.2) is 30.7 Å². The first-order valence-corrected chi connectivity index (χ1v) is 10.1. The summed E-state index contributed by atoms with van der Waals surface area (Å²) in [5.41, 5.74) is 1.20. The van der Waals surface area contributed by atoms with E-state index in [9.17, 15) is 31.5 Å². The van der Waals surface area contributed by atoms with Gasteiger partial charge in [-0.1, -0.05) is 12.1 Å². The number of aromatic nitrogens is 1. The van der Waals surface area contributed by atoms with Crippen LogP contribution in [0.3, 0.4) is 0 Å². The van der Waals surface area contributed by atoms with E-state index in [-0.39, 0.29) is 23.4 Å². The molecule has 1 heterocycles. The molecule has 1 aliphatic carbocycles. The number of pyridine rings is 1. The fourth-order valence-electron chi connectivity index (χ4n) is 3.18. The van der Waals surface area contributed by atoms with E-state index >= 15 is 0 Å². The second-order valence-corrected chi connectivity index (χ2v) is 8.64. The molecule has 1 aromatic heterocycles. The minimum Gasteiger partial charge on any atom is -0.481 e. The highest BCUT2D eigenvalue weighted by Gasteiger charge is 2.33. The topological polar surface area (TPSA) is 84.3 Å². The number of aliphatic carboxylic acids is 1. The maximum Gasteiger partial charge on any atom is 0.417 e. The first-order valence-electron chi connectivity index (χ1n) is 8.26. The summed E-state index contributed by atoms with van der Waals surface area (Å²) in [6.45, 7) is 0. The van der Waals surface area contributed by atoms with Gasteiger partial charge in [0.05, 0.1) is 22.1 Å². The number of sulfone groups is 1. The predicted octanol–water partition coefficient (Wildman–Crippen LogP) is 3.91. The molecule has 0 fully saturated rings. The number of alkyl halides is 3. The molecule has 1 aromatic carbocycles. The summed E-state index contributed by atoms with van der Waals surface area (Å²) in [7, 11) is -3.38. The molecule has 0 spiro atoms. The lowest BCUT2D eigenvalue weighted by Crippen LogP contribution is -2.10. The highest BCUT2D eigenvalue weighted by atomic mass is 32.2. The molecule has 1 aliphatic rings. The number of rotatable bonds is 4. The summed E-state index contributed by atoms with van der Waals surface area (Å²) in [6, 6.07) is 8.12. The molecule has 9 heteroatoms. The monoisotopic (exact) mass is 411 g/mol. The van der Waals surface area contributed by atoms with Crippen LogP contribution in [0.5, 0.6) is 0 Å². The Labute approximate surface area is 159 Å². The summed E-state index contributed by atoms with van der Waals surface area (Å²) in [6.07, 6.45) is -2.39. The van der Waals surface area contributed by atoms with Crippen molar-refractivity contribution in [1.29, 1.82) is 0 Å². The molecule has 28 heavy (non-hydrogen) atoms. The number of nitrogens with zero attached hydrogens (tertiary/aromatic N) is 1. The zero-order valence-electron chi connectivity index (χ0n) is 14.7. The SMILES string of the molecule is CS(=O)(=O)c1ccc(C2=C(c3ccc(C(F)(F)F)cn3)CC(C(=O)O)C2)cc1. The number of hydrogen-bond acceptors (Lipinski definition) is 4. The van der Waals surface area contributed by atoms with Crippen LogP contribution in [0.25, 0.3) is 11.1 Å². The third kappa shape index (κ3) is 4.09. The average molecular weight is 411 g/mol. The first-order chi connectivity index (χ1) is 13.0. The van der Waals surface area contributed by atoms with Gasteiger partial charge in [0.2, 0.25) is 0 Å².